The Labute approximate surface area is 99.8 Å². The van der Waals surface area contributed by atoms with Crippen molar-refractivity contribution in [1.82, 2.24) is 5.32 Å². The van der Waals surface area contributed by atoms with Gasteiger partial charge in [0.05, 0.1) is 12.1 Å². The summed E-state index contributed by atoms with van der Waals surface area (Å²) in [5, 5.41) is 3.00. The monoisotopic (exact) mass is 236 g/mol. The molecule has 16 heavy (non-hydrogen) atoms. The summed E-state index contributed by atoms with van der Waals surface area (Å²) < 4.78 is 0. The fraction of sp³-hybridized carbons (Fsp3) is 0.417. The molecule has 4 heteroatoms. The number of rotatable bonds is 2. The van der Waals surface area contributed by atoms with E-state index >= 15 is 0 Å². The van der Waals surface area contributed by atoms with Crippen LogP contribution in [-0.4, -0.2) is 17.7 Å². The van der Waals surface area contributed by atoms with Gasteiger partial charge in [0.25, 0.3) is 0 Å². The first kappa shape index (κ1) is 11.5. The van der Waals surface area contributed by atoms with Crippen molar-refractivity contribution in [2.45, 2.75) is 30.3 Å². The van der Waals surface area contributed by atoms with Crippen LogP contribution in [0.3, 0.4) is 0 Å². The molecule has 1 unspecified atom stereocenters. The zero-order valence-corrected chi connectivity index (χ0v) is 10.1. The number of hydrogen-bond acceptors (Lipinski definition) is 3. The second-order valence-corrected chi connectivity index (χ2v) is 5.16. The fourth-order valence-corrected chi connectivity index (χ4v) is 2.92. The highest BCUT2D eigenvalue weighted by Crippen LogP contribution is 2.35. The van der Waals surface area contributed by atoms with Gasteiger partial charge in [-0.2, -0.15) is 0 Å². The van der Waals surface area contributed by atoms with Crippen molar-refractivity contribution in [3.05, 3.63) is 29.8 Å². The Morgan fingerprint density at radius 2 is 2.31 bits per heavy atom. The average Bonchev–Trinajstić information content (AvgIpc) is 2.29. The maximum absolute atomic E-state index is 11.6. The van der Waals surface area contributed by atoms with Crippen LogP contribution in [0.5, 0.6) is 0 Å². The Morgan fingerprint density at radius 3 is 3.06 bits per heavy atom. The molecule has 1 aliphatic heterocycles. The van der Waals surface area contributed by atoms with Gasteiger partial charge in [-0.1, -0.05) is 18.2 Å². The molecule has 1 amide bonds. The van der Waals surface area contributed by atoms with Crippen molar-refractivity contribution in [1.29, 1.82) is 0 Å². The maximum Gasteiger partial charge on any atom is 0.237 e. The van der Waals surface area contributed by atoms with E-state index in [-0.39, 0.29) is 11.9 Å². The van der Waals surface area contributed by atoms with Crippen LogP contribution in [0, 0.1) is 0 Å². The van der Waals surface area contributed by atoms with E-state index in [4.69, 9.17) is 5.73 Å². The molecule has 0 bridgehead atoms. The van der Waals surface area contributed by atoms with Gasteiger partial charge in [-0.3, -0.25) is 4.79 Å². The molecule has 0 saturated carbocycles. The van der Waals surface area contributed by atoms with Crippen molar-refractivity contribution in [3.63, 3.8) is 0 Å². The molecule has 1 aromatic carbocycles. The predicted octanol–water partition coefficient (Wildman–Crippen LogP) is 1.69. The highest BCUT2D eigenvalue weighted by Gasteiger charge is 2.22. The van der Waals surface area contributed by atoms with E-state index in [2.05, 4.69) is 17.4 Å². The second kappa shape index (κ2) is 4.89. The maximum atomic E-state index is 11.6. The van der Waals surface area contributed by atoms with Crippen LogP contribution in [-0.2, 0) is 4.79 Å². The lowest BCUT2D eigenvalue weighted by atomic mass is 10.0. The zero-order valence-electron chi connectivity index (χ0n) is 9.27. The van der Waals surface area contributed by atoms with Crippen molar-refractivity contribution in [3.8, 4) is 0 Å². The van der Waals surface area contributed by atoms with Crippen LogP contribution in [0.1, 0.15) is 24.9 Å². The van der Waals surface area contributed by atoms with E-state index in [0.717, 1.165) is 12.2 Å². The molecular weight excluding hydrogens is 220 g/mol. The Morgan fingerprint density at radius 1 is 1.56 bits per heavy atom. The number of hydrogen-bond donors (Lipinski definition) is 2. The van der Waals surface area contributed by atoms with E-state index in [1.165, 1.54) is 10.5 Å². The summed E-state index contributed by atoms with van der Waals surface area (Å²) in [6.07, 6.45) is 0.972. The molecule has 2 rings (SSSR count). The molecule has 0 saturated heterocycles. The number of amides is 1. The predicted molar refractivity (Wildman–Crippen MR) is 66.3 cm³/mol. The fourth-order valence-electron chi connectivity index (χ4n) is 1.80. The van der Waals surface area contributed by atoms with E-state index in [0.29, 0.717) is 0 Å². The van der Waals surface area contributed by atoms with E-state index in [9.17, 15) is 4.79 Å². The summed E-state index contributed by atoms with van der Waals surface area (Å²) in [5.74, 6) is 0.965. The molecule has 3 nitrogen and oxygen atoms in total. The topological polar surface area (TPSA) is 55.1 Å². The lowest BCUT2D eigenvalue weighted by Crippen LogP contribution is -2.41. The first-order chi connectivity index (χ1) is 7.68. The molecule has 0 spiro atoms. The smallest absolute Gasteiger partial charge is 0.237 e. The third-order valence-corrected chi connectivity index (χ3v) is 3.81. The van der Waals surface area contributed by atoms with Gasteiger partial charge in [-0.25, -0.2) is 0 Å². The Kier molecular flexibility index (Phi) is 3.51. The van der Waals surface area contributed by atoms with Crippen molar-refractivity contribution >= 4 is 17.7 Å². The van der Waals surface area contributed by atoms with Gasteiger partial charge < -0.3 is 11.1 Å². The largest absolute Gasteiger partial charge is 0.348 e. The van der Waals surface area contributed by atoms with Gasteiger partial charge in [0.15, 0.2) is 0 Å². The van der Waals surface area contributed by atoms with Crippen molar-refractivity contribution < 1.29 is 4.79 Å². The number of benzene rings is 1. The van der Waals surface area contributed by atoms with Crippen LogP contribution in [0.25, 0.3) is 0 Å². The van der Waals surface area contributed by atoms with Crippen LogP contribution in [0.4, 0.5) is 0 Å². The van der Waals surface area contributed by atoms with E-state index < -0.39 is 6.04 Å². The summed E-state index contributed by atoms with van der Waals surface area (Å²) in [6.45, 7) is 1.71. The first-order valence-corrected chi connectivity index (χ1v) is 6.44. The molecule has 0 aromatic heterocycles. The molecule has 0 fully saturated rings. The molecule has 0 radical (unpaired) electrons. The third kappa shape index (κ3) is 2.39. The summed E-state index contributed by atoms with van der Waals surface area (Å²) >= 11 is 1.85. The lowest BCUT2D eigenvalue weighted by Gasteiger charge is -2.26. The number of fused-ring (bicyclic) bond motifs is 1. The SMILES string of the molecule is C[C@@H](N)C(=O)NC1CCSc2ccccc21. The molecule has 1 aliphatic rings. The standard InChI is InChI=1S/C12H16N2OS/c1-8(13)12(15)14-10-6-7-16-11-5-3-2-4-9(10)11/h2-5,8,10H,6-7,13H2,1H3,(H,14,15)/t8-,10?/m1/s1. The van der Waals surface area contributed by atoms with Crippen LogP contribution in [0.2, 0.25) is 0 Å². The molecule has 0 aliphatic carbocycles. The number of carbonyl (C=O) groups excluding carboxylic acids is 1. The van der Waals surface area contributed by atoms with Gasteiger partial charge in [0.1, 0.15) is 0 Å². The molecule has 3 N–H and O–H groups in total. The van der Waals surface area contributed by atoms with Gasteiger partial charge in [0, 0.05) is 10.6 Å². The molecule has 86 valence electrons. The normalized spacial score (nSPS) is 21.0. The van der Waals surface area contributed by atoms with Crippen molar-refractivity contribution in [2.75, 3.05) is 5.75 Å². The van der Waals surface area contributed by atoms with E-state index in [1.54, 1.807) is 6.92 Å². The summed E-state index contributed by atoms with van der Waals surface area (Å²) in [4.78, 5) is 12.8. The molecular formula is C12H16N2OS. The van der Waals surface area contributed by atoms with Crippen LogP contribution in [0.15, 0.2) is 29.2 Å². The minimum atomic E-state index is -0.443. The highest BCUT2D eigenvalue weighted by atomic mass is 32.2. The Hall–Kier alpha value is -1.00. The molecule has 2 atom stereocenters. The van der Waals surface area contributed by atoms with Gasteiger partial charge >= 0.3 is 0 Å². The average molecular weight is 236 g/mol. The Balaban J connectivity index is 2.16. The van der Waals surface area contributed by atoms with Crippen LogP contribution < -0.4 is 11.1 Å². The highest BCUT2D eigenvalue weighted by molar-refractivity contribution is 7.99. The minimum Gasteiger partial charge on any atom is -0.348 e. The quantitative estimate of drug-likeness (QED) is 0.821. The number of carbonyl (C=O) groups is 1. The van der Waals surface area contributed by atoms with Gasteiger partial charge in [-0.05, 0) is 25.0 Å². The molecule has 1 heterocycles. The van der Waals surface area contributed by atoms with Crippen LogP contribution >= 0.6 is 11.8 Å². The van der Waals surface area contributed by atoms with Gasteiger partial charge in [-0.15, -0.1) is 11.8 Å². The van der Waals surface area contributed by atoms with Crippen molar-refractivity contribution in [2.24, 2.45) is 5.73 Å². The third-order valence-electron chi connectivity index (χ3n) is 2.69. The van der Waals surface area contributed by atoms with E-state index in [1.807, 2.05) is 23.9 Å². The summed E-state index contributed by atoms with van der Waals surface area (Å²) in [5.41, 5.74) is 6.77. The number of thioether (sulfide) groups is 1. The summed E-state index contributed by atoms with van der Waals surface area (Å²) in [6, 6.07) is 7.90. The number of nitrogens with two attached hydrogens (primary N) is 1. The zero-order chi connectivity index (χ0) is 11.5. The van der Waals surface area contributed by atoms with Gasteiger partial charge in [0.2, 0.25) is 5.91 Å². The first-order valence-electron chi connectivity index (χ1n) is 5.46. The molecule has 1 aromatic rings. The lowest BCUT2D eigenvalue weighted by molar-refractivity contribution is -0.122. The number of nitrogens with one attached hydrogen (secondary N) is 1. The Bertz CT molecular complexity index is 392. The second-order valence-electron chi connectivity index (χ2n) is 4.02. The summed E-state index contributed by atoms with van der Waals surface area (Å²) in [7, 11) is 0. The minimum absolute atomic E-state index is 0.0771.